The van der Waals surface area contributed by atoms with E-state index in [4.69, 9.17) is 10.5 Å². The van der Waals surface area contributed by atoms with Crippen LogP contribution in [0, 0.1) is 0 Å². The average Bonchev–Trinajstić information content (AvgIpc) is 2.84. The topological polar surface area (TPSA) is 48.1 Å². The molecule has 1 saturated carbocycles. The van der Waals surface area contributed by atoms with Gasteiger partial charge in [0.25, 0.3) is 0 Å². The van der Waals surface area contributed by atoms with Gasteiger partial charge in [-0.25, -0.2) is 0 Å². The Balaban J connectivity index is 2.11. The Bertz CT molecular complexity index is 308. The Kier molecular flexibility index (Phi) is 1.96. The lowest BCUT2D eigenvalue weighted by Crippen LogP contribution is -2.24. The molecular weight excluding hydrogens is 164 g/mol. The van der Waals surface area contributed by atoms with Crippen LogP contribution in [0.1, 0.15) is 18.4 Å². The van der Waals surface area contributed by atoms with Crippen LogP contribution in [0.2, 0.25) is 0 Å². The number of methoxy groups -OCH3 is 1. The van der Waals surface area contributed by atoms with Crippen LogP contribution >= 0.6 is 0 Å². The first kappa shape index (κ1) is 8.51. The van der Waals surface area contributed by atoms with E-state index in [-0.39, 0.29) is 5.54 Å². The Morgan fingerprint density at radius 1 is 1.54 bits per heavy atom. The van der Waals surface area contributed by atoms with Crippen LogP contribution in [0.3, 0.4) is 0 Å². The molecule has 1 aliphatic carbocycles. The molecule has 0 bridgehead atoms. The first-order valence-corrected chi connectivity index (χ1v) is 4.49. The molecule has 2 rings (SSSR count). The number of aromatic nitrogens is 1. The van der Waals surface area contributed by atoms with Crippen molar-refractivity contribution in [3.8, 4) is 5.75 Å². The molecule has 0 amide bonds. The van der Waals surface area contributed by atoms with E-state index in [0.717, 1.165) is 25.0 Å². The number of hydrogen-bond donors (Lipinski definition) is 1. The first-order chi connectivity index (χ1) is 6.22. The standard InChI is InChI=1S/C10H14N2O/c1-13-9-4-8(6-12-7-9)5-10(11)2-3-10/h4,6-7H,2-3,5,11H2,1H3. The molecule has 2 N–H and O–H groups in total. The largest absolute Gasteiger partial charge is 0.495 e. The zero-order valence-corrected chi connectivity index (χ0v) is 7.79. The molecule has 1 fully saturated rings. The molecule has 1 aliphatic rings. The van der Waals surface area contributed by atoms with Gasteiger partial charge in [-0.1, -0.05) is 0 Å². The van der Waals surface area contributed by atoms with Crippen LogP contribution in [-0.4, -0.2) is 17.6 Å². The lowest BCUT2D eigenvalue weighted by molar-refractivity contribution is 0.412. The second-order valence-electron chi connectivity index (χ2n) is 3.77. The van der Waals surface area contributed by atoms with Crippen molar-refractivity contribution in [2.45, 2.75) is 24.8 Å². The van der Waals surface area contributed by atoms with E-state index >= 15 is 0 Å². The van der Waals surface area contributed by atoms with Crippen LogP contribution in [0.25, 0.3) is 0 Å². The third-order valence-corrected chi connectivity index (χ3v) is 2.45. The minimum atomic E-state index is 0.0496. The molecule has 0 aromatic carbocycles. The number of nitrogens with two attached hydrogens (primary N) is 1. The molecule has 3 heteroatoms. The predicted octanol–water partition coefficient (Wildman–Crippen LogP) is 1.12. The van der Waals surface area contributed by atoms with Gasteiger partial charge in [0.15, 0.2) is 0 Å². The summed E-state index contributed by atoms with van der Waals surface area (Å²) in [7, 11) is 1.65. The predicted molar refractivity (Wildman–Crippen MR) is 50.6 cm³/mol. The Labute approximate surface area is 77.9 Å². The second kappa shape index (κ2) is 3.00. The molecule has 0 radical (unpaired) electrons. The Morgan fingerprint density at radius 2 is 2.31 bits per heavy atom. The highest BCUT2D eigenvalue weighted by Crippen LogP contribution is 2.35. The molecule has 13 heavy (non-hydrogen) atoms. The van der Waals surface area contributed by atoms with E-state index in [1.165, 1.54) is 5.56 Å². The zero-order chi connectivity index (χ0) is 9.31. The van der Waals surface area contributed by atoms with Gasteiger partial charge in [0.05, 0.1) is 13.3 Å². The Morgan fingerprint density at radius 3 is 2.92 bits per heavy atom. The minimum absolute atomic E-state index is 0.0496. The van der Waals surface area contributed by atoms with Gasteiger partial charge in [0.1, 0.15) is 5.75 Å². The number of ether oxygens (including phenoxy) is 1. The molecule has 0 unspecified atom stereocenters. The highest BCUT2D eigenvalue weighted by molar-refractivity contribution is 5.26. The average molecular weight is 178 g/mol. The maximum Gasteiger partial charge on any atom is 0.137 e. The summed E-state index contributed by atoms with van der Waals surface area (Å²) < 4.78 is 5.09. The van der Waals surface area contributed by atoms with Crippen LogP contribution in [0.15, 0.2) is 18.5 Å². The van der Waals surface area contributed by atoms with Gasteiger partial charge < -0.3 is 10.5 Å². The van der Waals surface area contributed by atoms with Gasteiger partial charge in [-0.3, -0.25) is 4.98 Å². The summed E-state index contributed by atoms with van der Waals surface area (Å²) >= 11 is 0. The monoisotopic (exact) mass is 178 g/mol. The lowest BCUT2D eigenvalue weighted by Gasteiger charge is -2.08. The third kappa shape index (κ3) is 1.98. The molecule has 0 saturated heterocycles. The number of nitrogens with zero attached hydrogens (tertiary/aromatic N) is 1. The SMILES string of the molecule is COc1cncc(CC2(N)CC2)c1. The van der Waals surface area contributed by atoms with E-state index in [1.54, 1.807) is 13.3 Å². The van der Waals surface area contributed by atoms with Gasteiger partial charge >= 0.3 is 0 Å². The fourth-order valence-electron chi connectivity index (χ4n) is 1.42. The Hall–Kier alpha value is -1.09. The van der Waals surface area contributed by atoms with Gasteiger partial charge in [-0.05, 0) is 30.9 Å². The van der Waals surface area contributed by atoms with Crippen molar-refractivity contribution in [2.75, 3.05) is 7.11 Å². The maximum absolute atomic E-state index is 6.00. The van der Waals surface area contributed by atoms with E-state index in [1.807, 2.05) is 12.3 Å². The molecule has 1 aromatic rings. The fraction of sp³-hybridized carbons (Fsp3) is 0.500. The van der Waals surface area contributed by atoms with Crippen molar-refractivity contribution in [3.63, 3.8) is 0 Å². The second-order valence-corrected chi connectivity index (χ2v) is 3.77. The number of hydrogen-bond acceptors (Lipinski definition) is 3. The van der Waals surface area contributed by atoms with Gasteiger partial charge in [-0.2, -0.15) is 0 Å². The summed E-state index contributed by atoms with van der Waals surface area (Å²) in [6.45, 7) is 0. The smallest absolute Gasteiger partial charge is 0.137 e. The van der Waals surface area contributed by atoms with Crippen molar-refractivity contribution < 1.29 is 4.74 Å². The van der Waals surface area contributed by atoms with Gasteiger partial charge in [0.2, 0.25) is 0 Å². The summed E-state index contributed by atoms with van der Waals surface area (Å²) in [6.07, 6.45) is 6.74. The normalized spacial score (nSPS) is 18.3. The minimum Gasteiger partial charge on any atom is -0.495 e. The van der Waals surface area contributed by atoms with Crippen molar-refractivity contribution >= 4 is 0 Å². The number of rotatable bonds is 3. The molecular formula is C10H14N2O. The first-order valence-electron chi connectivity index (χ1n) is 4.49. The summed E-state index contributed by atoms with van der Waals surface area (Å²) in [4.78, 5) is 4.09. The highest BCUT2D eigenvalue weighted by Gasteiger charge is 2.38. The molecule has 70 valence electrons. The van der Waals surface area contributed by atoms with E-state index < -0.39 is 0 Å². The van der Waals surface area contributed by atoms with Crippen LogP contribution < -0.4 is 10.5 Å². The van der Waals surface area contributed by atoms with Crippen LogP contribution in [0.5, 0.6) is 5.75 Å². The van der Waals surface area contributed by atoms with Gasteiger partial charge in [-0.15, -0.1) is 0 Å². The van der Waals surface area contributed by atoms with Gasteiger partial charge in [0, 0.05) is 11.7 Å². The molecule has 1 aromatic heterocycles. The zero-order valence-electron chi connectivity index (χ0n) is 7.79. The van der Waals surface area contributed by atoms with E-state index in [9.17, 15) is 0 Å². The molecule has 1 heterocycles. The van der Waals surface area contributed by atoms with Crippen LogP contribution in [-0.2, 0) is 6.42 Å². The molecule has 0 spiro atoms. The summed E-state index contributed by atoms with van der Waals surface area (Å²) in [6, 6.07) is 2.00. The van der Waals surface area contributed by atoms with Crippen LogP contribution in [0.4, 0.5) is 0 Å². The quantitative estimate of drug-likeness (QED) is 0.754. The fourth-order valence-corrected chi connectivity index (χ4v) is 1.42. The highest BCUT2D eigenvalue weighted by atomic mass is 16.5. The lowest BCUT2D eigenvalue weighted by atomic mass is 10.1. The van der Waals surface area contributed by atoms with Crippen molar-refractivity contribution in [1.82, 2.24) is 4.98 Å². The van der Waals surface area contributed by atoms with E-state index in [2.05, 4.69) is 4.98 Å². The molecule has 0 atom stereocenters. The maximum atomic E-state index is 6.00. The number of pyridine rings is 1. The third-order valence-electron chi connectivity index (χ3n) is 2.45. The van der Waals surface area contributed by atoms with Crippen molar-refractivity contribution in [1.29, 1.82) is 0 Å². The van der Waals surface area contributed by atoms with Crippen molar-refractivity contribution in [2.24, 2.45) is 5.73 Å². The summed E-state index contributed by atoms with van der Waals surface area (Å²) in [5, 5.41) is 0. The van der Waals surface area contributed by atoms with Crippen molar-refractivity contribution in [3.05, 3.63) is 24.0 Å². The van der Waals surface area contributed by atoms with E-state index in [0.29, 0.717) is 0 Å². The molecule has 0 aliphatic heterocycles. The summed E-state index contributed by atoms with van der Waals surface area (Å²) in [5.74, 6) is 0.807. The summed E-state index contributed by atoms with van der Waals surface area (Å²) in [5.41, 5.74) is 7.22. The molecule has 3 nitrogen and oxygen atoms in total.